The van der Waals surface area contributed by atoms with Gasteiger partial charge in [0.2, 0.25) is 0 Å². The molecule has 2 amide bonds. The number of benzene rings is 3. The van der Waals surface area contributed by atoms with Crippen LogP contribution in [0, 0.1) is 10.5 Å². The molecule has 3 aromatic rings. The fourth-order valence-corrected chi connectivity index (χ4v) is 3.25. The minimum Gasteiger partial charge on any atom is -0.507 e. The highest BCUT2D eigenvalue weighted by molar-refractivity contribution is 14.1. The molecule has 0 unspecified atom stereocenters. The number of carbonyl (C=O) groups excluding carboxylic acids is 2. The van der Waals surface area contributed by atoms with Gasteiger partial charge in [-0.3, -0.25) is 9.59 Å². The van der Waals surface area contributed by atoms with Crippen LogP contribution in [-0.2, 0) is 4.79 Å². The van der Waals surface area contributed by atoms with Gasteiger partial charge in [0.15, 0.2) is 18.1 Å². The minimum absolute atomic E-state index is 0.0294. The van der Waals surface area contributed by atoms with Crippen molar-refractivity contribution in [2.45, 2.75) is 13.8 Å². The van der Waals surface area contributed by atoms with E-state index < -0.39 is 5.91 Å². The zero-order valence-electron chi connectivity index (χ0n) is 18.7. The number of hydrogen-bond acceptors (Lipinski definition) is 6. The highest BCUT2D eigenvalue weighted by Crippen LogP contribution is 2.28. The van der Waals surface area contributed by atoms with E-state index >= 15 is 0 Å². The third-order valence-corrected chi connectivity index (χ3v) is 5.55. The molecule has 0 aliphatic heterocycles. The summed E-state index contributed by atoms with van der Waals surface area (Å²) in [5, 5.41) is 16.5. The first-order valence-corrected chi connectivity index (χ1v) is 11.5. The fourth-order valence-electron chi connectivity index (χ4n) is 2.92. The monoisotopic (exact) mass is 573 g/mol. The van der Waals surface area contributed by atoms with Crippen LogP contribution in [0.15, 0.2) is 65.8 Å². The molecular formula is C25H24IN3O5. The standard InChI is InChI=1S/C25H24IN3O5/c1-3-33-23-12-17(14-27-29-25(32)18-9-10-19(26)21(30)13-18)8-11-22(23)34-15-24(31)28-20-7-5-4-6-16(20)2/h4-14,30H,3,15H2,1-2H3,(H,28,31)(H,29,32)/b27-14-. The SMILES string of the molecule is CCOc1cc(/C=N\NC(=O)c2ccc(I)c(O)c2)ccc1OCC(=O)Nc1ccccc1C. The van der Waals surface area contributed by atoms with Gasteiger partial charge in [0, 0.05) is 11.3 Å². The number of halogens is 1. The molecule has 3 N–H and O–H groups in total. The number of amides is 2. The second-order valence-electron chi connectivity index (χ2n) is 7.16. The number of aryl methyl sites for hydroxylation is 1. The van der Waals surface area contributed by atoms with Gasteiger partial charge in [0.05, 0.1) is 16.4 Å². The zero-order valence-corrected chi connectivity index (χ0v) is 20.8. The largest absolute Gasteiger partial charge is 0.507 e. The number of hydrazone groups is 1. The number of nitrogens with zero attached hydrogens (tertiary/aromatic N) is 1. The highest BCUT2D eigenvalue weighted by Gasteiger charge is 2.11. The van der Waals surface area contributed by atoms with E-state index in [2.05, 4.69) is 15.8 Å². The van der Waals surface area contributed by atoms with Crippen molar-refractivity contribution < 1.29 is 24.2 Å². The van der Waals surface area contributed by atoms with Crippen molar-refractivity contribution >= 4 is 46.3 Å². The van der Waals surface area contributed by atoms with Crippen LogP contribution in [0.5, 0.6) is 17.2 Å². The van der Waals surface area contributed by atoms with Gasteiger partial charge in [-0.05, 0) is 90.0 Å². The first-order chi connectivity index (χ1) is 16.4. The molecule has 3 rings (SSSR count). The molecule has 0 atom stereocenters. The smallest absolute Gasteiger partial charge is 0.271 e. The van der Waals surface area contributed by atoms with Gasteiger partial charge < -0.3 is 19.9 Å². The maximum Gasteiger partial charge on any atom is 0.271 e. The Morgan fingerprint density at radius 1 is 1.06 bits per heavy atom. The van der Waals surface area contributed by atoms with Crippen LogP contribution in [0.4, 0.5) is 5.69 Å². The van der Waals surface area contributed by atoms with Crippen LogP contribution >= 0.6 is 22.6 Å². The molecular weight excluding hydrogens is 549 g/mol. The van der Waals surface area contributed by atoms with E-state index in [1.807, 2.05) is 60.7 Å². The Balaban J connectivity index is 1.61. The molecule has 3 aromatic carbocycles. The molecule has 34 heavy (non-hydrogen) atoms. The summed E-state index contributed by atoms with van der Waals surface area (Å²) >= 11 is 1.97. The second kappa shape index (κ2) is 12.0. The Morgan fingerprint density at radius 3 is 2.59 bits per heavy atom. The molecule has 0 saturated heterocycles. The molecule has 9 heteroatoms. The summed E-state index contributed by atoms with van der Waals surface area (Å²) in [5.41, 5.74) is 5.06. The van der Waals surface area contributed by atoms with Crippen LogP contribution in [-0.4, -0.2) is 36.3 Å². The van der Waals surface area contributed by atoms with Gasteiger partial charge in [0.25, 0.3) is 11.8 Å². The number of rotatable bonds is 9. The van der Waals surface area contributed by atoms with Crippen molar-refractivity contribution in [3.05, 3.63) is 80.9 Å². The predicted molar refractivity (Wildman–Crippen MR) is 139 cm³/mol. The van der Waals surface area contributed by atoms with Gasteiger partial charge in [-0.25, -0.2) is 5.43 Å². The Hall–Kier alpha value is -3.60. The average molecular weight is 573 g/mol. The molecule has 8 nitrogen and oxygen atoms in total. The number of phenolic OH excluding ortho intramolecular Hbond substituents is 1. The predicted octanol–water partition coefficient (Wildman–Crippen LogP) is 4.49. The molecule has 0 bridgehead atoms. The molecule has 0 fully saturated rings. The Morgan fingerprint density at radius 2 is 1.85 bits per heavy atom. The summed E-state index contributed by atoms with van der Waals surface area (Å²) in [4.78, 5) is 24.5. The van der Waals surface area contributed by atoms with Crippen molar-refractivity contribution in [3.8, 4) is 17.2 Å². The van der Waals surface area contributed by atoms with Crippen molar-refractivity contribution in [1.82, 2.24) is 5.43 Å². The number of para-hydroxylation sites is 1. The summed E-state index contributed by atoms with van der Waals surface area (Å²) in [6.45, 7) is 3.98. The number of phenols is 1. The Bertz CT molecular complexity index is 1210. The third-order valence-electron chi connectivity index (χ3n) is 4.63. The number of anilines is 1. The van der Waals surface area contributed by atoms with Crippen LogP contribution in [0.3, 0.4) is 0 Å². The molecule has 176 valence electrons. The maximum atomic E-state index is 12.3. The van der Waals surface area contributed by atoms with Crippen molar-refractivity contribution in [2.24, 2.45) is 5.10 Å². The topological polar surface area (TPSA) is 109 Å². The van der Waals surface area contributed by atoms with E-state index in [0.717, 1.165) is 11.3 Å². The van der Waals surface area contributed by atoms with Crippen LogP contribution < -0.4 is 20.2 Å². The highest BCUT2D eigenvalue weighted by atomic mass is 127. The summed E-state index contributed by atoms with van der Waals surface area (Å²) in [6, 6.07) is 17.2. The van der Waals surface area contributed by atoms with E-state index in [0.29, 0.717) is 27.2 Å². The van der Waals surface area contributed by atoms with E-state index in [9.17, 15) is 14.7 Å². The van der Waals surface area contributed by atoms with Crippen molar-refractivity contribution in [1.29, 1.82) is 0 Å². The molecule has 0 heterocycles. The van der Waals surface area contributed by atoms with Gasteiger partial charge in [-0.1, -0.05) is 18.2 Å². The van der Waals surface area contributed by atoms with Crippen LogP contribution in [0.25, 0.3) is 0 Å². The lowest BCUT2D eigenvalue weighted by molar-refractivity contribution is -0.118. The lowest BCUT2D eigenvalue weighted by atomic mass is 10.2. The van der Waals surface area contributed by atoms with E-state index in [4.69, 9.17) is 9.47 Å². The number of nitrogens with one attached hydrogen (secondary N) is 2. The van der Waals surface area contributed by atoms with Gasteiger partial charge in [-0.2, -0.15) is 5.10 Å². The lowest BCUT2D eigenvalue weighted by Crippen LogP contribution is -2.20. The Kier molecular flexibility index (Phi) is 8.86. The number of carbonyl (C=O) groups is 2. The van der Waals surface area contributed by atoms with Gasteiger partial charge in [0.1, 0.15) is 5.75 Å². The van der Waals surface area contributed by atoms with Gasteiger partial charge in [-0.15, -0.1) is 0 Å². The molecule has 0 spiro atoms. The van der Waals surface area contributed by atoms with E-state index in [1.165, 1.54) is 12.3 Å². The molecule has 0 aliphatic carbocycles. The van der Waals surface area contributed by atoms with Crippen molar-refractivity contribution in [3.63, 3.8) is 0 Å². The summed E-state index contributed by atoms with van der Waals surface area (Å²) < 4.78 is 11.9. The molecule has 0 aromatic heterocycles. The lowest BCUT2D eigenvalue weighted by Gasteiger charge is -2.13. The zero-order chi connectivity index (χ0) is 24.5. The normalized spacial score (nSPS) is 10.7. The second-order valence-corrected chi connectivity index (χ2v) is 8.32. The van der Waals surface area contributed by atoms with Crippen LogP contribution in [0.1, 0.15) is 28.4 Å². The molecule has 0 saturated carbocycles. The number of aromatic hydroxyl groups is 1. The third kappa shape index (κ3) is 6.95. The Labute approximate surface area is 211 Å². The first-order valence-electron chi connectivity index (χ1n) is 10.4. The van der Waals surface area contributed by atoms with Crippen LogP contribution in [0.2, 0.25) is 0 Å². The quantitative estimate of drug-likeness (QED) is 0.199. The number of ether oxygens (including phenoxy) is 2. The average Bonchev–Trinajstić information content (AvgIpc) is 2.82. The summed E-state index contributed by atoms with van der Waals surface area (Å²) in [6.07, 6.45) is 1.46. The fraction of sp³-hybridized carbons (Fsp3) is 0.160. The minimum atomic E-state index is -0.451. The first kappa shape index (κ1) is 25.0. The van der Waals surface area contributed by atoms with E-state index in [1.54, 1.807) is 30.3 Å². The van der Waals surface area contributed by atoms with E-state index in [-0.39, 0.29) is 23.8 Å². The molecule has 0 radical (unpaired) electrons. The number of hydrogen-bond donors (Lipinski definition) is 3. The van der Waals surface area contributed by atoms with Crippen molar-refractivity contribution in [2.75, 3.05) is 18.5 Å². The summed E-state index contributed by atoms with van der Waals surface area (Å²) in [7, 11) is 0. The summed E-state index contributed by atoms with van der Waals surface area (Å²) in [5.74, 6) is 0.155. The molecule has 0 aliphatic rings. The van der Waals surface area contributed by atoms with Gasteiger partial charge >= 0.3 is 0 Å². The maximum absolute atomic E-state index is 12.3.